The molecule has 2 aliphatic heterocycles. The number of Topliss-reactive ketones (excluding diaryl/α,β-unsaturated/α-hetero) is 1. The number of rotatable bonds is 5. The van der Waals surface area contributed by atoms with E-state index < -0.39 is 23.0 Å². The molecule has 0 aromatic heterocycles. The highest BCUT2D eigenvalue weighted by molar-refractivity contribution is 6.31. The molecule has 3 N–H and O–H groups in total. The van der Waals surface area contributed by atoms with Crippen LogP contribution in [0.4, 0.5) is 8.78 Å². The Morgan fingerprint density at radius 3 is 2.81 bits per heavy atom. The molecule has 1 aromatic carbocycles. The number of carbonyl (C=O) groups is 1. The van der Waals surface area contributed by atoms with E-state index in [-0.39, 0.29) is 22.9 Å². The predicted octanol–water partition coefficient (Wildman–Crippen LogP) is 4.95. The third kappa shape index (κ3) is 6.49. The zero-order valence-electron chi connectivity index (χ0n) is 19.6. The smallest absolute Gasteiger partial charge is 0.170 e. The van der Waals surface area contributed by atoms with Crippen LogP contribution in [0.5, 0.6) is 0 Å². The summed E-state index contributed by atoms with van der Waals surface area (Å²) in [6, 6.07) is 2.74. The second-order valence-electron chi connectivity index (χ2n) is 10.4. The Labute approximate surface area is 196 Å². The standard InChI is InChI=1S/C25H38ClF2N3O/c1-16-5-4-6-20(21-13-17(9-11-31-21)25(2,3)15-29-14-16)30-12-10-22(32)23-19(27)8-7-18(26)24(23)28/h7-8,16-17,20-21,29-31H,4-6,9-15H2,1-3H3. The van der Waals surface area contributed by atoms with Gasteiger partial charge in [0, 0.05) is 31.6 Å². The molecule has 0 radical (unpaired) electrons. The van der Waals surface area contributed by atoms with Crippen molar-refractivity contribution in [3.8, 4) is 0 Å². The van der Waals surface area contributed by atoms with Gasteiger partial charge in [0.05, 0.1) is 10.6 Å². The number of piperidine rings is 1. The van der Waals surface area contributed by atoms with Crippen LogP contribution in [0.15, 0.2) is 12.1 Å². The molecular formula is C25H38ClF2N3O. The van der Waals surface area contributed by atoms with Gasteiger partial charge in [-0.3, -0.25) is 4.79 Å². The third-order valence-electron chi connectivity index (χ3n) is 7.40. The highest BCUT2D eigenvalue weighted by Crippen LogP contribution is 2.36. The Kier molecular flexibility index (Phi) is 9.07. The van der Waals surface area contributed by atoms with E-state index in [1.807, 2.05) is 0 Å². The van der Waals surface area contributed by atoms with Crippen LogP contribution in [0.1, 0.15) is 69.7 Å². The molecule has 2 fully saturated rings. The molecular weight excluding hydrogens is 432 g/mol. The Balaban J connectivity index is 1.65. The maximum Gasteiger partial charge on any atom is 0.170 e. The van der Waals surface area contributed by atoms with E-state index in [4.69, 9.17) is 11.6 Å². The summed E-state index contributed by atoms with van der Waals surface area (Å²) in [5.41, 5.74) is -0.307. The topological polar surface area (TPSA) is 53.2 Å². The lowest BCUT2D eigenvalue weighted by Crippen LogP contribution is -2.54. The monoisotopic (exact) mass is 469 g/mol. The van der Waals surface area contributed by atoms with E-state index in [2.05, 4.69) is 36.7 Å². The minimum Gasteiger partial charge on any atom is -0.316 e. The third-order valence-corrected chi connectivity index (χ3v) is 7.69. The van der Waals surface area contributed by atoms with Gasteiger partial charge in [0.1, 0.15) is 5.82 Å². The van der Waals surface area contributed by atoms with Crippen LogP contribution in [-0.2, 0) is 0 Å². The van der Waals surface area contributed by atoms with Gasteiger partial charge in [0.2, 0.25) is 0 Å². The molecule has 0 saturated carbocycles. The lowest BCUT2D eigenvalue weighted by atomic mass is 9.70. The Morgan fingerprint density at radius 2 is 2.03 bits per heavy atom. The minimum atomic E-state index is -0.968. The van der Waals surface area contributed by atoms with E-state index in [9.17, 15) is 13.6 Å². The van der Waals surface area contributed by atoms with Crippen molar-refractivity contribution in [2.24, 2.45) is 17.3 Å². The molecule has 2 aliphatic rings. The lowest BCUT2D eigenvalue weighted by Gasteiger charge is -2.43. The first kappa shape index (κ1) is 25.5. The van der Waals surface area contributed by atoms with Crippen LogP contribution < -0.4 is 16.0 Å². The number of fused-ring (bicyclic) bond motifs is 2. The van der Waals surface area contributed by atoms with E-state index in [0.717, 1.165) is 57.5 Å². The first-order valence-corrected chi connectivity index (χ1v) is 12.4. The number of nitrogens with one attached hydrogen (secondary N) is 3. The highest BCUT2D eigenvalue weighted by atomic mass is 35.5. The summed E-state index contributed by atoms with van der Waals surface area (Å²) in [5, 5.41) is 10.7. The fourth-order valence-corrected chi connectivity index (χ4v) is 5.42. The average molecular weight is 470 g/mol. The van der Waals surface area contributed by atoms with Gasteiger partial charge in [0.15, 0.2) is 11.6 Å². The molecule has 2 saturated heterocycles. The number of ketones is 1. The molecule has 3 rings (SSSR count). The van der Waals surface area contributed by atoms with Crippen molar-refractivity contribution in [3.63, 3.8) is 0 Å². The quantitative estimate of drug-likeness (QED) is 0.421. The summed E-state index contributed by atoms with van der Waals surface area (Å²) in [6.07, 6.45) is 5.57. The van der Waals surface area contributed by atoms with Gasteiger partial charge in [-0.15, -0.1) is 0 Å². The molecule has 2 bridgehead atoms. The zero-order valence-corrected chi connectivity index (χ0v) is 20.3. The number of benzene rings is 1. The Morgan fingerprint density at radius 1 is 1.25 bits per heavy atom. The van der Waals surface area contributed by atoms with Crippen molar-refractivity contribution in [2.75, 3.05) is 26.2 Å². The van der Waals surface area contributed by atoms with Crippen molar-refractivity contribution < 1.29 is 13.6 Å². The molecule has 4 atom stereocenters. The summed E-state index contributed by atoms with van der Waals surface area (Å²) in [6.45, 7) is 10.5. The second-order valence-corrected chi connectivity index (χ2v) is 10.8. The molecule has 180 valence electrons. The molecule has 1 aromatic rings. The number of halogens is 3. The summed E-state index contributed by atoms with van der Waals surface area (Å²) in [7, 11) is 0. The van der Waals surface area contributed by atoms with Crippen LogP contribution in [0.2, 0.25) is 5.02 Å². The molecule has 7 heteroatoms. The van der Waals surface area contributed by atoms with E-state index in [1.165, 1.54) is 6.42 Å². The Bertz CT molecular complexity index is 789. The van der Waals surface area contributed by atoms with E-state index >= 15 is 0 Å². The predicted molar refractivity (Wildman–Crippen MR) is 126 cm³/mol. The molecule has 32 heavy (non-hydrogen) atoms. The summed E-state index contributed by atoms with van der Waals surface area (Å²) < 4.78 is 28.2. The van der Waals surface area contributed by atoms with Crippen LogP contribution in [-0.4, -0.2) is 44.0 Å². The number of hydrogen-bond acceptors (Lipinski definition) is 4. The van der Waals surface area contributed by atoms with E-state index in [1.54, 1.807) is 0 Å². The largest absolute Gasteiger partial charge is 0.316 e. The fraction of sp³-hybridized carbons (Fsp3) is 0.720. The van der Waals surface area contributed by atoms with Gasteiger partial charge in [-0.05, 0) is 68.2 Å². The van der Waals surface area contributed by atoms with Gasteiger partial charge in [-0.1, -0.05) is 38.8 Å². The molecule has 4 unspecified atom stereocenters. The molecule has 4 nitrogen and oxygen atoms in total. The summed E-state index contributed by atoms with van der Waals surface area (Å²) >= 11 is 5.74. The van der Waals surface area contributed by atoms with Crippen molar-refractivity contribution in [1.29, 1.82) is 0 Å². The fourth-order valence-electron chi connectivity index (χ4n) is 5.26. The number of carbonyl (C=O) groups excluding carboxylic acids is 1. The second kappa shape index (κ2) is 11.4. The van der Waals surface area contributed by atoms with Crippen molar-refractivity contribution in [1.82, 2.24) is 16.0 Å². The van der Waals surface area contributed by atoms with Crippen LogP contribution in [0, 0.1) is 28.9 Å². The van der Waals surface area contributed by atoms with Gasteiger partial charge >= 0.3 is 0 Å². The van der Waals surface area contributed by atoms with Crippen molar-refractivity contribution >= 4 is 17.4 Å². The Hall–Kier alpha value is -1.08. The first-order valence-electron chi connectivity index (χ1n) is 12.0. The lowest BCUT2D eigenvalue weighted by molar-refractivity contribution is 0.0967. The molecule has 2 heterocycles. The molecule has 0 spiro atoms. The maximum atomic E-state index is 14.2. The summed E-state index contributed by atoms with van der Waals surface area (Å²) in [5.74, 6) is -1.14. The molecule has 0 amide bonds. The average Bonchev–Trinajstić information content (AvgIpc) is 2.75. The van der Waals surface area contributed by atoms with Crippen LogP contribution >= 0.6 is 11.6 Å². The number of hydrogen-bond donors (Lipinski definition) is 3. The van der Waals surface area contributed by atoms with Crippen LogP contribution in [0.25, 0.3) is 0 Å². The maximum absolute atomic E-state index is 14.2. The zero-order chi connectivity index (χ0) is 23.3. The summed E-state index contributed by atoms with van der Waals surface area (Å²) in [4.78, 5) is 12.5. The van der Waals surface area contributed by atoms with Gasteiger partial charge in [-0.2, -0.15) is 0 Å². The highest BCUT2D eigenvalue weighted by Gasteiger charge is 2.36. The van der Waals surface area contributed by atoms with Crippen molar-refractivity contribution in [3.05, 3.63) is 34.4 Å². The van der Waals surface area contributed by atoms with Crippen molar-refractivity contribution in [2.45, 2.75) is 71.4 Å². The first-order chi connectivity index (χ1) is 15.2. The molecule has 0 aliphatic carbocycles. The minimum absolute atomic E-state index is 0.0344. The van der Waals surface area contributed by atoms with Gasteiger partial charge < -0.3 is 16.0 Å². The van der Waals surface area contributed by atoms with Crippen LogP contribution in [0.3, 0.4) is 0 Å². The van der Waals surface area contributed by atoms with Gasteiger partial charge in [0.25, 0.3) is 0 Å². The SMILES string of the molecule is CC1CCCC(NCCC(=O)c2c(F)ccc(Cl)c2F)C2CC(CCN2)C(C)(C)CNC1. The van der Waals surface area contributed by atoms with Gasteiger partial charge in [-0.25, -0.2) is 8.78 Å². The van der Waals surface area contributed by atoms with E-state index in [0.29, 0.717) is 24.4 Å². The normalized spacial score (nSPS) is 29.1.